The van der Waals surface area contributed by atoms with Crippen molar-refractivity contribution in [1.82, 2.24) is 16.0 Å². The Morgan fingerprint density at radius 1 is 1.15 bits per heavy atom. The molecule has 116 valence electrons. The van der Waals surface area contributed by atoms with Gasteiger partial charge < -0.3 is 16.0 Å². The zero-order valence-electron chi connectivity index (χ0n) is 13.1. The lowest BCUT2D eigenvalue weighted by Crippen LogP contribution is -2.48. The highest BCUT2D eigenvalue weighted by Crippen LogP contribution is 2.31. The van der Waals surface area contributed by atoms with Crippen LogP contribution < -0.4 is 16.0 Å². The smallest absolute Gasteiger partial charge is 0.222 e. The van der Waals surface area contributed by atoms with E-state index in [4.69, 9.17) is 0 Å². The minimum atomic E-state index is 0.0840. The highest BCUT2D eigenvalue weighted by Gasteiger charge is 2.33. The van der Waals surface area contributed by atoms with Gasteiger partial charge in [-0.1, -0.05) is 26.7 Å². The van der Waals surface area contributed by atoms with Crippen LogP contribution in [0.25, 0.3) is 0 Å². The molecule has 0 spiro atoms. The highest BCUT2D eigenvalue weighted by molar-refractivity contribution is 5.77. The van der Waals surface area contributed by atoms with Gasteiger partial charge >= 0.3 is 0 Å². The topological polar surface area (TPSA) is 53.2 Å². The van der Waals surface area contributed by atoms with Gasteiger partial charge in [0, 0.05) is 31.1 Å². The molecule has 0 aromatic carbocycles. The standard InChI is InChI=1S/C16H31N3O/c1-12(2)16(20)19-11-10-18-15-8-5-6-13(15)14-7-3-4-9-17-14/h12-15,17-18H,3-11H2,1-2H3,(H,19,20). The molecule has 4 nitrogen and oxygen atoms in total. The van der Waals surface area contributed by atoms with E-state index >= 15 is 0 Å². The summed E-state index contributed by atoms with van der Waals surface area (Å²) >= 11 is 0. The van der Waals surface area contributed by atoms with Crippen LogP contribution in [0.2, 0.25) is 0 Å². The van der Waals surface area contributed by atoms with E-state index in [-0.39, 0.29) is 11.8 Å². The fraction of sp³-hybridized carbons (Fsp3) is 0.938. The monoisotopic (exact) mass is 281 g/mol. The van der Waals surface area contributed by atoms with Crippen LogP contribution in [-0.2, 0) is 4.79 Å². The zero-order chi connectivity index (χ0) is 14.4. The summed E-state index contributed by atoms with van der Waals surface area (Å²) in [5, 5.41) is 10.4. The molecule has 20 heavy (non-hydrogen) atoms. The molecule has 0 bridgehead atoms. The first-order valence-electron chi connectivity index (χ1n) is 8.43. The maximum Gasteiger partial charge on any atom is 0.222 e. The molecule has 0 aromatic rings. The number of piperidine rings is 1. The van der Waals surface area contributed by atoms with Gasteiger partial charge in [0.15, 0.2) is 0 Å². The van der Waals surface area contributed by atoms with Gasteiger partial charge in [-0.25, -0.2) is 0 Å². The van der Waals surface area contributed by atoms with Crippen LogP contribution in [-0.4, -0.2) is 37.6 Å². The van der Waals surface area contributed by atoms with Gasteiger partial charge in [0.25, 0.3) is 0 Å². The lowest BCUT2D eigenvalue weighted by atomic mass is 9.88. The molecule has 0 radical (unpaired) electrons. The van der Waals surface area contributed by atoms with E-state index in [1.807, 2.05) is 13.8 Å². The maximum absolute atomic E-state index is 11.5. The Kier molecular flexibility index (Phi) is 6.30. The molecule has 1 amide bonds. The molecule has 3 N–H and O–H groups in total. The largest absolute Gasteiger partial charge is 0.355 e. The van der Waals surface area contributed by atoms with Crippen molar-refractivity contribution in [3.63, 3.8) is 0 Å². The van der Waals surface area contributed by atoms with Crippen LogP contribution >= 0.6 is 0 Å². The normalized spacial score (nSPS) is 30.6. The van der Waals surface area contributed by atoms with Gasteiger partial charge in [0.05, 0.1) is 0 Å². The van der Waals surface area contributed by atoms with E-state index in [0.717, 1.165) is 19.0 Å². The van der Waals surface area contributed by atoms with E-state index in [1.165, 1.54) is 45.1 Å². The van der Waals surface area contributed by atoms with Crippen molar-refractivity contribution in [2.45, 2.75) is 64.5 Å². The Labute approximate surface area is 123 Å². The molecule has 2 rings (SSSR count). The highest BCUT2D eigenvalue weighted by atomic mass is 16.1. The summed E-state index contributed by atoms with van der Waals surface area (Å²) in [4.78, 5) is 11.5. The zero-order valence-corrected chi connectivity index (χ0v) is 13.1. The van der Waals surface area contributed by atoms with Gasteiger partial charge in [-0.15, -0.1) is 0 Å². The first kappa shape index (κ1) is 15.8. The second kappa shape index (κ2) is 7.99. The van der Waals surface area contributed by atoms with E-state index in [1.54, 1.807) is 0 Å². The molecule has 1 saturated carbocycles. The second-order valence-corrected chi connectivity index (χ2v) is 6.66. The Balaban J connectivity index is 1.67. The molecular weight excluding hydrogens is 250 g/mol. The Bertz CT molecular complexity index is 300. The third kappa shape index (κ3) is 4.45. The Morgan fingerprint density at radius 3 is 2.70 bits per heavy atom. The summed E-state index contributed by atoms with van der Waals surface area (Å²) in [6.07, 6.45) is 8.05. The SMILES string of the molecule is CC(C)C(=O)NCCNC1CCCC1C1CCCCN1. The van der Waals surface area contributed by atoms with Gasteiger partial charge in [-0.2, -0.15) is 0 Å². The molecule has 1 aliphatic carbocycles. The van der Waals surface area contributed by atoms with Crippen LogP contribution in [0.15, 0.2) is 0 Å². The number of carbonyl (C=O) groups excluding carboxylic acids is 1. The molecule has 2 fully saturated rings. The van der Waals surface area contributed by atoms with Gasteiger partial charge in [-0.3, -0.25) is 4.79 Å². The lowest BCUT2D eigenvalue weighted by molar-refractivity contribution is -0.123. The van der Waals surface area contributed by atoms with Crippen LogP contribution in [0, 0.1) is 11.8 Å². The number of nitrogens with one attached hydrogen (secondary N) is 3. The Morgan fingerprint density at radius 2 is 2.00 bits per heavy atom. The number of rotatable bonds is 6. The molecule has 4 heteroatoms. The van der Waals surface area contributed by atoms with Crippen molar-refractivity contribution >= 4 is 5.91 Å². The van der Waals surface area contributed by atoms with Crippen molar-refractivity contribution in [2.75, 3.05) is 19.6 Å². The summed E-state index contributed by atoms with van der Waals surface area (Å²) in [6.45, 7) is 6.71. The van der Waals surface area contributed by atoms with E-state index in [2.05, 4.69) is 16.0 Å². The van der Waals surface area contributed by atoms with Crippen LogP contribution in [0.5, 0.6) is 0 Å². The van der Waals surface area contributed by atoms with Crippen LogP contribution in [0.1, 0.15) is 52.4 Å². The first-order chi connectivity index (χ1) is 9.68. The van der Waals surface area contributed by atoms with Gasteiger partial charge in [0.2, 0.25) is 5.91 Å². The summed E-state index contributed by atoms with van der Waals surface area (Å²) in [5.41, 5.74) is 0. The first-order valence-corrected chi connectivity index (χ1v) is 8.43. The molecule has 1 saturated heterocycles. The maximum atomic E-state index is 11.5. The third-order valence-electron chi connectivity index (χ3n) is 4.79. The van der Waals surface area contributed by atoms with Crippen LogP contribution in [0.4, 0.5) is 0 Å². The van der Waals surface area contributed by atoms with Crippen molar-refractivity contribution in [2.24, 2.45) is 11.8 Å². The molecule has 0 aromatic heterocycles. The average molecular weight is 281 g/mol. The minimum Gasteiger partial charge on any atom is -0.355 e. The minimum absolute atomic E-state index is 0.0840. The summed E-state index contributed by atoms with van der Waals surface area (Å²) < 4.78 is 0. The van der Waals surface area contributed by atoms with Gasteiger partial charge in [-0.05, 0) is 38.1 Å². The fourth-order valence-electron chi connectivity index (χ4n) is 3.62. The molecule has 2 aliphatic rings. The van der Waals surface area contributed by atoms with Gasteiger partial charge in [0.1, 0.15) is 0 Å². The van der Waals surface area contributed by atoms with Crippen LogP contribution in [0.3, 0.4) is 0 Å². The molecule has 1 heterocycles. The van der Waals surface area contributed by atoms with Crippen molar-refractivity contribution in [1.29, 1.82) is 0 Å². The molecule has 1 aliphatic heterocycles. The third-order valence-corrected chi connectivity index (χ3v) is 4.79. The quantitative estimate of drug-likeness (QED) is 0.649. The number of amides is 1. The Hall–Kier alpha value is -0.610. The summed E-state index contributed by atoms with van der Waals surface area (Å²) in [6, 6.07) is 1.36. The average Bonchev–Trinajstić information content (AvgIpc) is 2.92. The molecule has 3 atom stereocenters. The number of hydrogen-bond donors (Lipinski definition) is 3. The number of hydrogen-bond acceptors (Lipinski definition) is 3. The number of carbonyl (C=O) groups is 1. The van der Waals surface area contributed by atoms with E-state index < -0.39 is 0 Å². The van der Waals surface area contributed by atoms with E-state index in [9.17, 15) is 4.79 Å². The molecular formula is C16H31N3O. The van der Waals surface area contributed by atoms with Crippen molar-refractivity contribution in [3.05, 3.63) is 0 Å². The van der Waals surface area contributed by atoms with Crippen molar-refractivity contribution in [3.8, 4) is 0 Å². The molecule has 3 unspecified atom stereocenters. The fourth-order valence-corrected chi connectivity index (χ4v) is 3.62. The predicted octanol–water partition coefficient (Wildman–Crippen LogP) is 1.66. The summed E-state index contributed by atoms with van der Waals surface area (Å²) in [7, 11) is 0. The van der Waals surface area contributed by atoms with E-state index in [0.29, 0.717) is 12.1 Å². The van der Waals surface area contributed by atoms with Crippen molar-refractivity contribution < 1.29 is 4.79 Å². The second-order valence-electron chi connectivity index (χ2n) is 6.66. The predicted molar refractivity (Wildman–Crippen MR) is 82.6 cm³/mol. The lowest BCUT2D eigenvalue weighted by Gasteiger charge is -2.33. The summed E-state index contributed by atoms with van der Waals surface area (Å²) in [5.74, 6) is 1.03.